The molecule has 6 nitrogen and oxygen atoms in total. The van der Waals surface area contributed by atoms with Crippen molar-refractivity contribution in [2.75, 3.05) is 0 Å². The van der Waals surface area contributed by atoms with Crippen LogP contribution in [0.25, 0.3) is 37.2 Å². The SMILES string of the molecule is CCc1cc[nH+]c2sc3c(=O)n(-c4ccc5oc(C)nc5c4)cnc3c12. The molecule has 0 spiro atoms. The zero-order valence-electron chi connectivity index (χ0n) is 14.2. The molecule has 5 rings (SSSR count). The largest absolute Gasteiger partial charge is 0.441 e. The third-order valence-electron chi connectivity index (χ3n) is 4.56. The molecular formula is C19H15N4O2S+. The molecule has 0 saturated carbocycles. The average Bonchev–Trinajstić information content (AvgIpc) is 3.21. The first-order valence-corrected chi connectivity index (χ1v) is 9.18. The van der Waals surface area contributed by atoms with Crippen LogP contribution < -0.4 is 10.5 Å². The number of H-pyrrole nitrogens is 1. The highest BCUT2D eigenvalue weighted by molar-refractivity contribution is 7.25. The molecule has 1 N–H and O–H groups in total. The predicted octanol–water partition coefficient (Wildman–Crippen LogP) is 3.43. The number of hydrogen-bond donors (Lipinski definition) is 0. The molecule has 0 radical (unpaired) electrons. The number of thiophene rings is 1. The normalized spacial score (nSPS) is 11.8. The minimum atomic E-state index is -0.0776. The van der Waals surface area contributed by atoms with Gasteiger partial charge in [0.25, 0.3) is 10.4 Å². The van der Waals surface area contributed by atoms with Gasteiger partial charge in [0, 0.05) is 13.0 Å². The molecule has 0 unspecified atom stereocenters. The summed E-state index contributed by atoms with van der Waals surface area (Å²) in [5, 5.41) is 1.04. The molecular weight excluding hydrogens is 348 g/mol. The first kappa shape index (κ1) is 15.2. The summed E-state index contributed by atoms with van der Waals surface area (Å²) in [7, 11) is 0. The maximum Gasteiger partial charge on any atom is 0.276 e. The third-order valence-corrected chi connectivity index (χ3v) is 5.65. The van der Waals surface area contributed by atoms with Crippen LogP contribution in [-0.2, 0) is 6.42 Å². The third kappa shape index (κ3) is 2.10. The van der Waals surface area contributed by atoms with Gasteiger partial charge in [-0.15, -0.1) is 0 Å². The van der Waals surface area contributed by atoms with Crippen molar-refractivity contribution in [2.24, 2.45) is 0 Å². The van der Waals surface area contributed by atoms with Gasteiger partial charge in [-0.05, 0) is 30.2 Å². The van der Waals surface area contributed by atoms with Gasteiger partial charge in [0.15, 0.2) is 17.7 Å². The number of aromatic nitrogens is 4. The predicted molar refractivity (Wildman–Crippen MR) is 101 cm³/mol. The second-order valence-electron chi connectivity index (χ2n) is 6.15. The van der Waals surface area contributed by atoms with E-state index >= 15 is 0 Å². The Morgan fingerprint density at radius 3 is 3.04 bits per heavy atom. The number of nitrogens with one attached hydrogen (secondary N) is 1. The van der Waals surface area contributed by atoms with Gasteiger partial charge in [-0.25, -0.2) is 15.0 Å². The second-order valence-corrected chi connectivity index (χ2v) is 7.17. The number of aryl methyl sites for hydroxylation is 2. The summed E-state index contributed by atoms with van der Waals surface area (Å²) in [6, 6.07) is 7.56. The number of hydrogen-bond acceptors (Lipinski definition) is 5. The van der Waals surface area contributed by atoms with Crippen LogP contribution in [0.3, 0.4) is 0 Å². The molecule has 0 aliphatic rings. The van der Waals surface area contributed by atoms with Crippen molar-refractivity contribution in [3.05, 3.63) is 58.6 Å². The van der Waals surface area contributed by atoms with Gasteiger partial charge in [-0.3, -0.25) is 9.36 Å². The zero-order chi connectivity index (χ0) is 17.8. The zero-order valence-corrected chi connectivity index (χ0v) is 15.1. The number of nitrogens with zero attached hydrogens (tertiary/aromatic N) is 3. The van der Waals surface area contributed by atoms with Crippen molar-refractivity contribution in [2.45, 2.75) is 20.3 Å². The average molecular weight is 363 g/mol. The molecule has 0 saturated heterocycles. The summed E-state index contributed by atoms with van der Waals surface area (Å²) in [5.41, 5.74) is 4.03. The molecule has 4 heterocycles. The molecule has 5 aromatic rings. The van der Waals surface area contributed by atoms with Crippen LogP contribution in [0.15, 0.2) is 46.0 Å². The first-order valence-electron chi connectivity index (χ1n) is 8.36. The maximum atomic E-state index is 13.1. The van der Waals surface area contributed by atoms with E-state index in [0.717, 1.165) is 33.4 Å². The summed E-state index contributed by atoms with van der Waals surface area (Å²) in [6.07, 6.45) is 4.40. The van der Waals surface area contributed by atoms with Crippen molar-refractivity contribution < 1.29 is 9.40 Å². The maximum absolute atomic E-state index is 13.1. The van der Waals surface area contributed by atoms with E-state index in [1.165, 1.54) is 16.9 Å². The Balaban J connectivity index is 1.79. The highest BCUT2D eigenvalue weighted by atomic mass is 32.1. The molecule has 4 aromatic heterocycles. The molecule has 0 fully saturated rings. The monoisotopic (exact) mass is 363 g/mol. The molecule has 0 atom stereocenters. The van der Waals surface area contributed by atoms with Gasteiger partial charge < -0.3 is 4.42 Å². The number of fused-ring (bicyclic) bond motifs is 4. The molecule has 0 aliphatic heterocycles. The number of benzene rings is 1. The summed E-state index contributed by atoms with van der Waals surface area (Å²) < 4.78 is 7.72. The summed E-state index contributed by atoms with van der Waals surface area (Å²) in [6.45, 7) is 3.91. The van der Waals surface area contributed by atoms with Crippen molar-refractivity contribution in [3.8, 4) is 5.69 Å². The number of aromatic amines is 1. The van der Waals surface area contributed by atoms with Crippen molar-refractivity contribution in [3.63, 3.8) is 0 Å². The number of oxazole rings is 1. The quantitative estimate of drug-likeness (QED) is 0.481. The molecule has 128 valence electrons. The van der Waals surface area contributed by atoms with Gasteiger partial charge in [0.2, 0.25) is 0 Å². The van der Waals surface area contributed by atoms with Crippen LogP contribution in [0, 0.1) is 6.92 Å². The van der Waals surface area contributed by atoms with E-state index in [1.807, 2.05) is 30.5 Å². The van der Waals surface area contributed by atoms with Gasteiger partial charge >= 0.3 is 0 Å². The highest BCUT2D eigenvalue weighted by Crippen LogP contribution is 2.30. The minimum absolute atomic E-state index is 0.0776. The molecule has 0 aliphatic carbocycles. The Morgan fingerprint density at radius 1 is 1.31 bits per heavy atom. The van der Waals surface area contributed by atoms with E-state index in [0.29, 0.717) is 16.2 Å². The van der Waals surface area contributed by atoms with Crippen molar-refractivity contribution in [1.82, 2.24) is 14.5 Å². The standard InChI is InChI=1S/C19H14N4O2S/c1-3-11-6-7-20-18-15(11)16-17(26-18)19(24)23(9-21-16)12-4-5-14-13(8-12)22-10(2)25-14/h4-9H,3H2,1-2H3/p+1. The second kappa shape index (κ2) is 5.47. The smallest absolute Gasteiger partial charge is 0.276 e. The van der Waals surface area contributed by atoms with Crippen LogP contribution in [-0.4, -0.2) is 14.5 Å². The lowest BCUT2D eigenvalue weighted by Gasteiger charge is -2.04. The Morgan fingerprint density at radius 2 is 2.19 bits per heavy atom. The fraction of sp³-hybridized carbons (Fsp3) is 0.158. The highest BCUT2D eigenvalue weighted by Gasteiger charge is 2.18. The fourth-order valence-electron chi connectivity index (χ4n) is 3.33. The van der Waals surface area contributed by atoms with Crippen LogP contribution in [0.5, 0.6) is 0 Å². The van der Waals surface area contributed by atoms with Crippen molar-refractivity contribution in [1.29, 1.82) is 0 Å². The lowest BCUT2D eigenvalue weighted by atomic mass is 10.1. The van der Waals surface area contributed by atoms with Crippen LogP contribution in [0.1, 0.15) is 18.4 Å². The van der Waals surface area contributed by atoms with E-state index in [9.17, 15) is 4.79 Å². The Kier molecular flexibility index (Phi) is 3.20. The first-order chi connectivity index (χ1) is 12.7. The Labute approximate surface area is 151 Å². The lowest BCUT2D eigenvalue weighted by Crippen LogP contribution is -2.17. The van der Waals surface area contributed by atoms with E-state index in [-0.39, 0.29) is 5.56 Å². The topological polar surface area (TPSA) is 75.1 Å². The van der Waals surface area contributed by atoms with E-state index in [4.69, 9.17) is 4.42 Å². The Bertz CT molecular complexity index is 1360. The van der Waals surface area contributed by atoms with Gasteiger partial charge in [0.1, 0.15) is 22.1 Å². The molecule has 7 heteroatoms. The molecule has 0 amide bonds. The van der Waals surface area contributed by atoms with Crippen LogP contribution in [0.4, 0.5) is 0 Å². The summed E-state index contributed by atoms with van der Waals surface area (Å²) in [4.78, 5) is 26.3. The van der Waals surface area contributed by atoms with Crippen molar-refractivity contribution >= 4 is 42.9 Å². The van der Waals surface area contributed by atoms with E-state index in [2.05, 4.69) is 21.9 Å². The summed E-state index contributed by atoms with van der Waals surface area (Å²) in [5.74, 6) is 0.602. The van der Waals surface area contributed by atoms with Crippen LogP contribution in [0.2, 0.25) is 0 Å². The molecule has 0 bridgehead atoms. The van der Waals surface area contributed by atoms with Gasteiger partial charge in [0.05, 0.1) is 11.1 Å². The minimum Gasteiger partial charge on any atom is -0.441 e. The lowest BCUT2D eigenvalue weighted by molar-refractivity contribution is -0.341. The number of pyridine rings is 1. The van der Waals surface area contributed by atoms with E-state index < -0.39 is 0 Å². The van der Waals surface area contributed by atoms with E-state index in [1.54, 1.807) is 17.8 Å². The fourth-order valence-corrected chi connectivity index (χ4v) is 4.43. The Hall–Kier alpha value is -3.06. The molecule has 1 aromatic carbocycles. The number of rotatable bonds is 2. The molecule has 26 heavy (non-hydrogen) atoms. The summed E-state index contributed by atoms with van der Waals surface area (Å²) >= 11 is 1.45. The van der Waals surface area contributed by atoms with Gasteiger partial charge in [-0.1, -0.05) is 18.3 Å². The van der Waals surface area contributed by atoms with Crippen LogP contribution >= 0.6 is 11.3 Å². The van der Waals surface area contributed by atoms with Gasteiger partial charge in [-0.2, -0.15) is 0 Å².